The van der Waals surface area contributed by atoms with E-state index in [0.717, 1.165) is 37.1 Å². The number of aromatic nitrogens is 1. The van der Waals surface area contributed by atoms with E-state index in [9.17, 15) is 13.2 Å². The van der Waals surface area contributed by atoms with Crippen LogP contribution in [0.3, 0.4) is 0 Å². The molecule has 1 saturated heterocycles. The van der Waals surface area contributed by atoms with Crippen molar-refractivity contribution >= 4 is 27.2 Å². The van der Waals surface area contributed by atoms with E-state index in [1.165, 1.54) is 0 Å². The summed E-state index contributed by atoms with van der Waals surface area (Å²) >= 11 is 0. The molecule has 3 aromatic rings. The Kier molecular flexibility index (Phi) is 8.15. The maximum Gasteiger partial charge on any atom is 0.263 e. The zero-order valence-electron chi connectivity index (χ0n) is 20.0. The molecule has 1 aliphatic rings. The summed E-state index contributed by atoms with van der Waals surface area (Å²) in [6, 6.07) is 18.1. The molecule has 0 aliphatic carbocycles. The van der Waals surface area contributed by atoms with Gasteiger partial charge >= 0.3 is 0 Å². The van der Waals surface area contributed by atoms with Gasteiger partial charge in [-0.05, 0) is 80.9 Å². The summed E-state index contributed by atoms with van der Waals surface area (Å²) in [5.41, 5.74) is 2.97. The lowest BCUT2D eigenvalue weighted by Crippen LogP contribution is -2.37. The first-order valence-electron chi connectivity index (χ1n) is 12.0. The molecule has 0 radical (unpaired) electrons. The van der Waals surface area contributed by atoms with Gasteiger partial charge in [-0.15, -0.1) is 0 Å². The lowest BCUT2D eigenvalue weighted by molar-refractivity contribution is -0.118. The van der Waals surface area contributed by atoms with E-state index in [-0.39, 0.29) is 16.7 Å². The number of hydrogen-bond acceptors (Lipinski definition) is 6. The highest BCUT2D eigenvalue weighted by molar-refractivity contribution is 7.92. The predicted molar refractivity (Wildman–Crippen MR) is 139 cm³/mol. The second-order valence-corrected chi connectivity index (χ2v) is 10.7. The average Bonchev–Trinajstić information content (AvgIpc) is 2.86. The van der Waals surface area contributed by atoms with Crippen LogP contribution in [0.25, 0.3) is 0 Å². The molecular weight excluding hydrogens is 460 g/mol. The molecule has 2 heterocycles. The molecule has 2 N–H and O–H groups in total. The topological polar surface area (TPSA) is 91.4 Å². The average molecular weight is 493 g/mol. The number of anilines is 2. The number of hydrogen-bond donors (Lipinski definition) is 2. The number of pyridine rings is 1. The van der Waals surface area contributed by atoms with Crippen molar-refractivity contribution in [2.45, 2.75) is 43.0 Å². The molecule has 7 nitrogen and oxygen atoms in total. The standard InChI is InChI=1S/C27H32N4O3S/c1-31-17-14-23(15-18-31)29-26-6-2-3-7-27(26)35(33,34)30-24-11-8-21(9-12-24)19-25(32)13-10-22-5-4-16-28-20-22/h2-9,11-12,16,20,23,29-30H,10,13-15,17-19H2,1H3. The number of benzene rings is 2. The third-order valence-corrected chi connectivity index (χ3v) is 7.72. The molecule has 35 heavy (non-hydrogen) atoms. The second-order valence-electron chi connectivity index (χ2n) is 9.10. The molecule has 0 bridgehead atoms. The largest absolute Gasteiger partial charge is 0.381 e. The van der Waals surface area contributed by atoms with Crippen molar-refractivity contribution in [1.82, 2.24) is 9.88 Å². The highest BCUT2D eigenvalue weighted by atomic mass is 32.2. The van der Waals surface area contributed by atoms with Gasteiger partial charge in [0, 0.05) is 37.0 Å². The summed E-state index contributed by atoms with van der Waals surface area (Å²) in [7, 11) is -1.68. The minimum Gasteiger partial charge on any atom is -0.381 e. The van der Waals surface area contributed by atoms with Gasteiger partial charge in [-0.2, -0.15) is 0 Å². The minimum atomic E-state index is -3.78. The molecule has 8 heteroatoms. The summed E-state index contributed by atoms with van der Waals surface area (Å²) in [5.74, 6) is 0.135. The van der Waals surface area contributed by atoms with E-state index >= 15 is 0 Å². The Morgan fingerprint density at radius 3 is 2.46 bits per heavy atom. The van der Waals surface area contributed by atoms with Crippen molar-refractivity contribution in [3.8, 4) is 0 Å². The number of nitrogens with zero attached hydrogens (tertiary/aromatic N) is 2. The highest BCUT2D eigenvalue weighted by Gasteiger charge is 2.22. The van der Waals surface area contributed by atoms with Crippen LogP contribution in [-0.2, 0) is 27.7 Å². The predicted octanol–water partition coefficient (Wildman–Crippen LogP) is 4.13. The Morgan fingerprint density at radius 2 is 1.74 bits per heavy atom. The quantitative estimate of drug-likeness (QED) is 0.442. The fourth-order valence-electron chi connectivity index (χ4n) is 4.24. The normalized spacial score (nSPS) is 15.0. The number of ketones is 1. The second kappa shape index (κ2) is 11.5. The first-order valence-corrected chi connectivity index (χ1v) is 13.4. The molecule has 0 amide bonds. The molecule has 0 atom stereocenters. The van der Waals surface area contributed by atoms with E-state index in [1.54, 1.807) is 48.8 Å². The monoisotopic (exact) mass is 492 g/mol. The number of para-hydroxylation sites is 1. The third kappa shape index (κ3) is 7.13. The third-order valence-electron chi connectivity index (χ3n) is 6.28. The molecule has 1 aliphatic heterocycles. The number of likely N-dealkylation sites (tertiary alicyclic amines) is 1. The Labute approximate surface area is 207 Å². The number of sulfonamides is 1. The number of carbonyl (C=O) groups excluding carboxylic acids is 1. The van der Waals surface area contributed by atoms with Crippen LogP contribution in [0.5, 0.6) is 0 Å². The number of aryl methyl sites for hydroxylation is 1. The molecule has 4 rings (SSSR count). The van der Waals surface area contributed by atoms with Crippen molar-refractivity contribution in [3.05, 3.63) is 84.2 Å². The molecule has 1 aromatic heterocycles. The summed E-state index contributed by atoms with van der Waals surface area (Å²) < 4.78 is 29.0. The van der Waals surface area contributed by atoms with Gasteiger partial charge in [-0.25, -0.2) is 8.42 Å². The van der Waals surface area contributed by atoms with Crippen LogP contribution in [0.4, 0.5) is 11.4 Å². The fraction of sp³-hybridized carbons (Fsp3) is 0.333. The SMILES string of the molecule is CN1CCC(Nc2ccccc2S(=O)(=O)Nc2ccc(CC(=O)CCc3cccnc3)cc2)CC1. The molecular formula is C27H32N4O3S. The van der Waals surface area contributed by atoms with Crippen molar-refractivity contribution in [2.75, 3.05) is 30.2 Å². The van der Waals surface area contributed by atoms with Gasteiger partial charge in [0.2, 0.25) is 0 Å². The molecule has 0 saturated carbocycles. The first kappa shape index (κ1) is 24.9. The van der Waals surface area contributed by atoms with E-state index in [4.69, 9.17) is 0 Å². The van der Waals surface area contributed by atoms with Crippen LogP contribution < -0.4 is 10.0 Å². The minimum absolute atomic E-state index is 0.135. The Bertz CT molecular complexity index is 1220. The summed E-state index contributed by atoms with van der Waals surface area (Å²) in [6.07, 6.45) is 6.86. The summed E-state index contributed by atoms with van der Waals surface area (Å²) in [5, 5.41) is 3.43. The molecule has 0 spiro atoms. The number of nitrogens with one attached hydrogen (secondary N) is 2. The van der Waals surface area contributed by atoms with Gasteiger partial charge in [-0.3, -0.25) is 14.5 Å². The van der Waals surface area contributed by atoms with Crippen molar-refractivity contribution in [3.63, 3.8) is 0 Å². The van der Waals surface area contributed by atoms with E-state index in [0.29, 0.717) is 30.6 Å². The Balaban J connectivity index is 1.36. The lowest BCUT2D eigenvalue weighted by Gasteiger charge is -2.30. The van der Waals surface area contributed by atoms with Crippen LogP contribution in [0.2, 0.25) is 0 Å². The highest BCUT2D eigenvalue weighted by Crippen LogP contribution is 2.26. The maximum absolute atomic E-state index is 13.2. The van der Waals surface area contributed by atoms with Crippen LogP contribution in [0, 0.1) is 0 Å². The fourth-order valence-corrected chi connectivity index (χ4v) is 5.47. The number of carbonyl (C=O) groups is 1. The lowest BCUT2D eigenvalue weighted by atomic mass is 10.0. The van der Waals surface area contributed by atoms with Crippen molar-refractivity contribution < 1.29 is 13.2 Å². The van der Waals surface area contributed by atoms with Gasteiger partial charge in [0.1, 0.15) is 10.7 Å². The van der Waals surface area contributed by atoms with Crippen molar-refractivity contribution in [1.29, 1.82) is 0 Å². The van der Waals surface area contributed by atoms with Crippen LogP contribution in [-0.4, -0.2) is 50.3 Å². The van der Waals surface area contributed by atoms with Gasteiger partial charge < -0.3 is 10.2 Å². The van der Waals surface area contributed by atoms with E-state index in [1.807, 2.05) is 24.3 Å². The molecule has 2 aromatic carbocycles. The maximum atomic E-state index is 13.2. The number of Topliss-reactive ketones (excluding diaryl/α,β-unsaturated/α-hetero) is 1. The molecule has 0 unspecified atom stereocenters. The van der Waals surface area contributed by atoms with Gasteiger partial charge in [0.05, 0.1) is 5.69 Å². The van der Waals surface area contributed by atoms with Gasteiger partial charge in [0.25, 0.3) is 10.0 Å². The first-order chi connectivity index (χ1) is 16.9. The Morgan fingerprint density at radius 1 is 1.00 bits per heavy atom. The summed E-state index contributed by atoms with van der Waals surface area (Å²) in [6.45, 7) is 1.98. The molecule has 1 fully saturated rings. The van der Waals surface area contributed by atoms with E-state index < -0.39 is 10.0 Å². The van der Waals surface area contributed by atoms with Crippen molar-refractivity contribution in [2.24, 2.45) is 0 Å². The number of rotatable bonds is 10. The summed E-state index contributed by atoms with van der Waals surface area (Å²) in [4.78, 5) is 18.9. The van der Waals surface area contributed by atoms with Crippen LogP contribution in [0.15, 0.2) is 78.0 Å². The Hall–Kier alpha value is -3.23. The van der Waals surface area contributed by atoms with Gasteiger partial charge in [0.15, 0.2) is 0 Å². The number of piperidine rings is 1. The molecule has 184 valence electrons. The van der Waals surface area contributed by atoms with Crippen LogP contribution >= 0.6 is 0 Å². The zero-order chi connectivity index (χ0) is 24.7. The smallest absolute Gasteiger partial charge is 0.263 e. The van der Waals surface area contributed by atoms with E-state index in [2.05, 4.69) is 27.0 Å². The van der Waals surface area contributed by atoms with Gasteiger partial charge in [-0.1, -0.05) is 30.3 Å². The van der Waals surface area contributed by atoms with Crippen LogP contribution in [0.1, 0.15) is 30.4 Å². The zero-order valence-corrected chi connectivity index (χ0v) is 20.8.